The number of hydrogen-bond donors (Lipinski definition) is 1. The van der Waals surface area contributed by atoms with Crippen molar-refractivity contribution in [3.8, 4) is 11.4 Å². The van der Waals surface area contributed by atoms with Crippen LogP contribution >= 0.6 is 0 Å². The van der Waals surface area contributed by atoms with E-state index in [2.05, 4.69) is 10.1 Å². The number of halogens is 3. The molecule has 0 radical (unpaired) electrons. The first kappa shape index (κ1) is 16.6. The zero-order valence-electron chi connectivity index (χ0n) is 14.0. The topological polar surface area (TPSA) is 50.9 Å². The highest BCUT2D eigenvalue weighted by atomic mass is 19.4. The van der Waals surface area contributed by atoms with Gasteiger partial charge in [0.05, 0.1) is 11.8 Å². The van der Waals surface area contributed by atoms with Crippen LogP contribution in [-0.4, -0.2) is 26.0 Å². The van der Waals surface area contributed by atoms with Gasteiger partial charge in [0.2, 0.25) is 0 Å². The lowest BCUT2D eigenvalue weighted by atomic mass is 10.1. The molecule has 0 spiro atoms. The fourth-order valence-electron chi connectivity index (χ4n) is 4.18. The quantitative estimate of drug-likeness (QED) is 0.908. The Morgan fingerprint density at radius 2 is 1.84 bits per heavy atom. The Morgan fingerprint density at radius 3 is 2.44 bits per heavy atom. The van der Waals surface area contributed by atoms with Crippen molar-refractivity contribution in [1.29, 1.82) is 0 Å². The number of aliphatic hydroxyl groups is 1. The van der Waals surface area contributed by atoms with E-state index in [4.69, 9.17) is 0 Å². The lowest BCUT2D eigenvalue weighted by Gasteiger charge is -2.13. The molecule has 134 valence electrons. The first-order valence-electron chi connectivity index (χ1n) is 8.58. The highest BCUT2D eigenvalue weighted by Crippen LogP contribution is 2.63. The second-order valence-corrected chi connectivity index (χ2v) is 7.38. The zero-order valence-corrected chi connectivity index (χ0v) is 14.0. The molecule has 0 aromatic carbocycles. The summed E-state index contributed by atoms with van der Waals surface area (Å²) in [6.07, 6.45) is -3.08. The number of pyridine rings is 1. The number of rotatable bonds is 3. The van der Waals surface area contributed by atoms with Crippen molar-refractivity contribution >= 4 is 0 Å². The molecule has 4 rings (SSSR count). The first-order chi connectivity index (χ1) is 11.8. The van der Waals surface area contributed by atoms with Crippen molar-refractivity contribution in [1.82, 2.24) is 14.8 Å². The van der Waals surface area contributed by atoms with Crippen LogP contribution in [0.15, 0.2) is 24.3 Å². The highest BCUT2D eigenvalue weighted by Gasteiger charge is 2.57. The van der Waals surface area contributed by atoms with Gasteiger partial charge in [-0.1, -0.05) is 6.07 Å². The molecule has 2 saturated carbocycles. The number of fused-ring (bicyclic) bond motifs is 1. The Hall–Kier alpha value is -1.89. The van der Waals surface area contributed by atoms with Gasteiger partial charge in [-0.15, -0.1) is 0 Å². The van der Waals surface area contributed by atoms with E-state index in [1.807, 2.05) is 24.6 Å². The molecule has 2 fully saturated rings. The van der Waals surface area contributed by atoms with Crippen molar-refractivity contribution in [2.45, 2.75) is 50.9 Å². The van der Waals surface area contributed by atoms with Gasteiger partial charge in [-0.25, -0.2) is 4.98 Å². The molecular weight excluding hydrogens is 331 g/mol. The lowest BCUT2D eigenvalue weighted by Crippen LogP contribution is -2.11. The summed E-state index contributed by atoms with van der Waals surface area (Å²) in [5.41, 5.74) is 0.852. The average Bonchev–Trinajstić information content (AvgIpc) is 2.90. The van der Waals surface area contributed by atoms with E-state index in [1.54, 1.807) is 6.07 Å². The molecule has 2 aliphatic carbocycles. The van der Waals surface area contributed by atoms with Crippen molar-refractivity contribution in [2.24, 2.45) is 11.8 Å². The maximum atomic E-state index is 12.9. The zero-order chi connectivity index (χ0) is 17.9. The summed E-state index contributed by atoms with van der Waals surface area (Å²) < 4.78 is 40.6. The van der Waals surface area contributed by atoms with E-state index in [9.17, 15) is 18.3 Å². The lowest BCUT2D eigenvalue weighted by molar-refractivity contribution is -0.141. The number of aliphatic hydroxyl groups excluding tert-OH is 1. The number of alkyl halides is 3. The second-order valence-electron chi connectivity index (χ2n) is 7.38. The predicted octanol–water partition coefficient (Wildman–Crippen LogP) is 4.03. The van der Waals surface area contributed by atoms with E-state index in [0.29, 0.717) is 23.4 Å². The second kappa shape index (κ2) is 5.56. The molecule has 2 aliphatic rings. The van der Waals surface area contributed by atoms with Gasteiger partial charge in [0.15, 0.2) is 0 Å². The summed E-state index contributed by atoms with van der Waals surface area (Å²) in [5.74, 6) is 1.27. The van der Waals surface area contributed by atoms with Gasteiger partial charge in [-0.3, -0.25) is 4.68 Å². The number of aromatic nitrogens is 3. The van der Waals surface area contributed by atoms with Crippen LogP contribution in [0.2, 0.25) is 0 Å². The largest absolute Gasteiger partial charge is 0.433 e. The third-order valence-corrected chi connectivity index (χ3v) is 5.32. The Labute approximate surface area is 143 Å². The minimum atomic E-state index is -4.47. The SMILES string of the molecule is CC(C)n1nc(-c2cccc(C(F)(F)F)n2)cc1C1[C@H]2CC(O)C[C@@H]12. The van der Waals surface area contributed by atoms with Crippen LogP contribution in [0.25, 0.3) is 11.4 Å². The summed E-state index contributed by atoms with van der Waals surface area (Å²) in [6.45, 7) is 4.01. The molecule has 2 unspecified atom stereocenters. The highest BCUT2D eigenvalue weighted by molar-refractivity contribution is 5.55. The summed E-state index contributed by atoms with van der Waals surface area (Å²) >= 11 is 0. The van der Waals surface area contributed by atoms with Crippen LogP contribution in [0.1, 0.15) is 50.0 Å². The summed E-state index contributed by atoms with van der Waals surface area (Å²) in [6, 6.07) is 5.88. The van der Waals surface area contributed by atoms with E-state index in [1.165, 1.54) is 6.07 Å². The monoisotopic (exact) mass is 351 g/mol. The molecule has 1 N–H and O–H groups in total. The van der Waals surface area contributed by atoms with Crippen LogP contribution in [-0.2, 0) is 6.18 Å². The van der Waals surface area contributed by atoms with E-state index >= 15 is 0 Å². The minimum Gasteiger partial charge on any atom is -0.393 e. The van der Waals surface area contributed by atoms with Gasteiger partial charge in [-0.05, 0) is 56.7 Å². The van der Waals surface area contributed by atoms with Crippen LogP contribution < -0.4 is 0 Å². The summed E-state index contributed by atoms with van der Waals surface area (Å²) in [7, 11) is 0. The minimum absolute atomic E-state index is 0.112. The Balaban J connectivity index is 1.69. The molecule has 0 bridgehead atoms. The van der Waals surface area contributed by atoms with Crippen molar-refractivity contribution in [2.75, 3.05) is 0 Å². The predicted molar refractivity (Wildman–Crippen MR) is 85.8 cm³/mol. The van der Waals surface area contributed by atoms with Gasteiger partial charge in [0.1, 0.15) is 11.4 Å². The van der Waals surface area contributed by atoms with E-state index in [0.717, 1.165) is 24.6 Å². The fraction of sp³-hybridized carbons (Fsp3) is 0.556. The summed E-state index contributed by atoms with van der Waals surface area (Å²) in [4.78, 5) is 3.75. The normalized spacial score (nSPS) is 28.4. The van der Waals surface area contributed by atoms with E-state index in [-0.39, 0.29) is 17.8 Å². The van der Waals surface area contributed by atoms with Gasteiger partial charge in [0.25, 0.3) is 0 Å². The van der Waals surface area contributed by atoms with E-state index < -0.39 is 11.9 Å². The molecule has 0 amide bonds. The van der Waals surface area contributed by atoms with Crippen molar-refractivity contribution < 1.29 is 18.3 Å². The molecule has 0 saturated heterocycles. The first-order valence-corrected chi connectivity index (χ1v) is 8.58. The third kappa shape index (κ3) is 2.84. The molecule has 4 nitrogen and oxygen atoms in total. The average molecular weight is 351 g/mol. The van der Waals surface area contributed by atoms with Crippen molar-refractivity contribution in [3.63, 3.8) is 0 Å². The summed E-state index contributed by atoms with van der Waals surface area (Å²) in [5, 5.41) is 14.3. The maximum absolute atomic E-state index is 12.9. The Kier molecular flexibility index (Phi) is 3.68. The van der Waals surface area contributed by atoms with Gasteiger partial charge in [-0.2, -0.15) is 18.3 Å². The molecule has 4 atom stereocenters. The Morgan fingerprint density at radius 1 is 1.16 bits per heavy atom. The van der Waals surface area contributed by atoms with Crippen LogP contribution in [0.3, 0.4) is 0 Å². The van der Waals surface area contributed by atoms with Crippen LogP contribution in [0, 0.1) is 11.8 Å². The van der Waals surface area contributed by atoms with Crippen LogP contribution in [0.5, 0.6) is 0 Å². The molecule has 2 aromatic rings. The molecule has 25 heavy (non-hydrogen) atoms. The smallest absolute Gasteiger partial charge is 0.393 e. The molecule has 7 heteroatoms. The molecular formula is C18H20F3N3O. The molecule has 2 heterocycles. The molecule has 0 aliphatic heterocycles. The standard InChI is InChI=1S/C18H20F3N3O/c1-9(2)24-15(17-11-6-10(25)7-12(11)17)8-14(23-24)13-4-3-5-16(22-13)18(19,20)21/h3-5,8-12,17,25H,6-7H2,1-2H3/t10?,11-,12+,17?. The number of hydrogen-bond acceptors (Lipinski definition) is 3. The van der Waals surface area contributed by atoms with Gasteiger partial charge in [0, 0.05) is 17.7 Å². The van der Waals surface area contributed by atoms with Gasteiger partial charge < -0.3 is 5.11 Å². The Bertz CT molecular complexity index is 787. The third-order valence-electron chi connectivity index (χ3n) is 5.32. The number of nitrogens with zero attached hydrogens (tertiary/aromatic N) is 3. The van der Waals surface area contributed by atoms with Crippen LogP contribution in [0.4, 0.5) is 13.2 Å². The maximum Gasteiger partial charge on any atom is 0.433 e. The fourth-order valence-corrected chi connectivity index (χ4v) is 4.18. The van der Waals surface area contributed by atoms with Gasteiger partial charge >= 0.3 is 6.18 Å². The van der Waals surface area contributed by atoms with Crippen molar-refractivity contribution in [3.05, 3.63) is 35.7 Å². The molecule has 2 aromatic heterocycles.